The predicted molar refractivity (Wildman–Crippen MR) is 205 cm³/mol. The molecule has 2 aliphatic heterocycles. The minimum absolute atomic E-state index is 0. The van der Waals surface area contributed by atoms with Gasteiger partial charge in [-0.3, -0.25) is 9.59 Å². The Labute approximate surface area is 335 Å². The van der Waals surface area contributed by atoms with Crippen molar-refractivity contribution in [3.63, 3.8) is 0 Å². The molecule has 4 heterocycles. The van der Waals surface area contributed by atoms with Gasteiger partial charge in [-0.1, -0.05) is 42.5 Å². The molecule has 55 heavy (non-hydrogen) atoms. The number of ether oxygens (including phenoxy) is 2. The Morgan fingerprint density at radius 2 is 1.78 bits per heavy atom. The molecule has 2 aliphatic rings. The SMILES string of the molecule is CCOCCn1c(N2CCCN(CCC3(c4ccccc4)CCN(C(=O)c4cc(-n5cnnn5)ccc4OCCCC(=O)O)C3)CC2)nc2ccccc21.[H-].[Li+]. The van der Waals surface area contributed by atoms with E-state index in [1.807, 2.05) is 24.0 Å². The second-order valence-corrected chi connectivity index (χ2v) is 14.1. The molecule has 0 aliphatic carbocycles. The molecule has 286 valence electrons. The third-order valence-electron chi connectivity index (χ3n) is 10.7. The summed E-state index contributed by atoms with van der Waals surface area (Å²) in [6, 6.07) is 24.2. The van der Waals surface area contributed by atoms with Crippen LogP contribution in [0.25, 0.3) is 16.7 Å². The zero-order valence-electron chi connectivity index (χ0n) is 32.9. The van der Waals surface area contributed by atoms with Crippen LogP contribution in [0.1, 0.15) is 56.4 Å². The van der Waals surface area contributed by atoms with Gasteiger partial charge in [-0.15, -0.1) is 5.10 Å². The van der Waals surface area contributed by atoms with Gasteiger partial charge in [-0.05, 0) is 92.0 Å². The van der Waals surface area contributed by atoms with Gasteiger partial charge in [0.1, 0.15) is 12.1 Å². The summed E-state index contributed by atoms with van der Waals surface area (Å²) in [5.74, 6) is 0.413. The summed E-state index contributed by atoms with van der Waals surface area (Å²) in [6.07, 6.45) is 4.59. The van der Waals surface area contributed by atoms with Crippen LogP contribution < -0.4 is 28.5 Å². The summed E-state index contributed by atoms with van der Waals surface area (Å²) in [6.45, 7) is 10.1. The minimum Gasteiger partial charge on any atom is -1.00 e. The Morgan fingerprint density at radius 3 is 2.58 bits per heavy atom. The Kier molecular flexibility index (Phi) is 13.6. The zero-order chi connectivity index (χ0) is 37.3. The molecule has 5 aromatic rings. The number of likely N-dealkylation sites (tertiary alicyclic amines) is 1. The number of benzene rings is 3. The summed E-state index contributed by atoms with van der Waals surface area (Å²) in [5.41, 5.74) is 4.21. The molecule has 1 N–H and O–H groups in total. The van der Waals surface area contributed by atoms with Gasteiger partial charge in [-0.2, -0.15) is 0 Å². The van der Waals surface area contributed by atoms with Gasteiger partial charge in [0.05, 0.1) is 35.5 Å². The van der Waals surface area contributed by atoms with Gasteiger partial charge in [0.25, 0.3) is 5.91 Å². The number of fused-ring (bicyclic) bond motifs is 1. The normalized spacial score (nSPS) is 17.6. The fourth-order valence-corrected chi connectivity index (χ4v) is 7.82. The molecule has 7 rings (SSSR count). The zero-order valence-corrected chi connectivity index (χ0v) is 31.9. The standard InChI is InChI=1S/C40H49N9O5.Li.H/c1-2-53-27-25-48-35-13-7-6-12-34(35)42-39(48)46-20-9-19-45(23-24-46)21-17-40(31-10-4-3-5-11-31)18-22-47(29-40)38(52)33-28-32(49-30-41-43-44-49)15-16-36(33)54-26-8-14-37(50)51;;/h3-7,10-13,15-16,28,30H,2,8-9,14,17-27,29H2,1H3,(H,50,51);;/q;+1;-1. The van der Waals surface area contributed by atoms with E-state index in [9.17, 15) is 9.59 Å². The van der Waals surface area contributed by atoms with Crippen molar-refractivity contribution in [3.05, 3.63) is 90.3 Å². The van der Waals surface area contributed by atoms with Crippen LogP contribution in [0, 0.1) is 0 Å². The quantitative estimate of drug-likeness (QED) is 0.117. The van der Waals surface area contributed by atoms with Gasteiger partial charge in [0.15, 0.2) is 0 Å². The number of carboxylic acid groups (broad SMARTS) is 1. The maximum atomic E-state index is 14.4. The molecule has 0 spiro atoms. The van der Waals surface area contributed by atoms with Crippen molar-refractivity contribution in [2.45, 2.75) is 51.0 Å². The van der Waals surface area contributed by atoms with E-state index in [-0.39, 0.29) is 44.6 Å². The van der Waals surface area contributed by atoms with E-state index >= 15 is 0 Å². The van der Waals surface area contributed by atoms with Crippen LogP contribution in [-0.2, 0) is 21.5 Å². The number of carbonyl (C=O) groups excluding carboxylic acids is 1. The number of rotatable bonds is 16. The van der Waals surface area contributed by atoms with Crippen LogP contribution >= 0.6 is 0 Å². The first-order valence-corrected chi connectivity index (χ1v) is 19.0. The van der Waals surface area contributed by atoms with Crippen molar-refractivity contribution < 1.29 is 44.5 Å². The number of imidazole rings is 1. The number of amides is 1. The summed E-state index contributed by atoms with van der Waals surface area (Å²) >= 11 is 0. The van der Waals surface area contributed by atoms with Crippen molar-refractivity contribution in [1.82, 2.24) is 39.6 Å². The first kappa shape index (κ1) is 39.9. The Hall–Kier alpha value is -4.74. The minimum atomic E-state index is -0.884. The van der Waals surface area contributed by atoms with E-state index in [2.05, 4.69) is 72.4 Å². The third kappa shape index (κ3) is 9.39. The van der Waals surface area contributed by atoms with Gasteiger partial charge >= 0.3 is 24.8 Å². The summed E-state index contributed by atoms with van der Waals surface area (Å²) in [5, 5.41) is 20.6. The molecule has 0 bridgehead atoms. The van der Waals surface area contributed by atoms with Crippen molar-refractivity contribution in [1.29, 1.82) is 0 Å². The molecule has 2 saturated heterocycles. The number of anilines is 1. The van der Waals surface area contributed by atoms with E-state index in [1.54, 1.807) is 18.2 Å². The number of aliphatic carboxylic acids is 1. The van der Waals surface area contributed by atoms with E-state index in [1.165, 1.54) is 16.6 Å². The average Bonchev–Trinajstić information content (AvgIpc) is 3.94. The number of hydrogen-bond acceptors (Lipinski definition) is 10. The fourth-order valence-electron chi connectivity index (χ4n) is 7.82. The van der Waals surface area contributed by atoms with Crippen molar-refractivity contribution >= 4 is 28.9 Å². The molecule has 0 radical (unpaired) electrons. The van der Waals surface area contributed by atoms with Crippen LogP contribution in [0.5, 0.6) is 5.75 Å². The van der Waals surface area contributed by atoms with Gasteiger partial charge in [-0.25, -0.2) is 9.67 Å². The van der Waals surface area contributed by atoms with Crippen LogP contribution in [0.4, 0.5) is 5.95 Å². The predicted octanol–water partition coefficient (Wildman–Crippen LogP) is 1.79. The smallest absolute Gasteiger partial charge is 1.00 e. The van der Waals surface area contributed by atoms with Crippen LogP contribution in [-0.4, -0.2) is 122 Å². The number of tetrazole rings is 1. The molecule has 2 aromatic heterocycles. The number of aromatic nitrogens is 6. The molecule has 1 unspecified atom stereocenters. The first-order chi connectivity index (χ1) is 26.4. The van der Waals surface area contributed by atoms with Gasteiger partial charge in [0.2, 0.25) is 5.95 Å². The van der Waals surface area contributed by atoms with E-state index in [0.29, 0.717) is 49.7 Å². The summed E-state index contributed by atoms with van der Waals surface area (Å²) in [7, 11) is 0. The summed E-state index contributed by atoms with van der Waals surface area (Å²) in [4.78, 5) is 37.5. The molecule has 15 heteroatoms. The van der Waals surface area contributed by atoms with Gasteiger partial charge < -0.3 is 35.3 Å². The molecule has 1 amide bonds. The molecule has 3 aromatic carbocycles. The number of nitrogens with zero attached hydrogens (tertiary/aromatic N) is 9. The number of carbonyl (C=O) groups is 2. The van der Waals surface area contributed by atoms with E-state index in [0.717, 1.165) is 75.5 Å². The Bertz CT molecular complexity index is 2020. The molecule has 14 nitrogen and oxygen atoms in total. The Balaban J connectivity index is 0.00000300. The second-order valence-electron chi connectivity index (χ2n) is 14.1. The van der Waals surface area contributed by atoms with Crippen LogP contribution in [0.3, 0.4) is 0 Å². The Morgan fingerprint density at radius 1 is 0.945 bits per heavy atom. The van der Waals surface area contributed by atoms with E-state index in [4.69, 9.17) is 19.6 Å². The first-order valence-electron chi connectivity index (χ1n) is 19.0. The topological polar surface area (TPSA) is 144 Å². The van der Waals surface area contributed by atoms with E-state index < -0.39 is 5.97 Å². The third-order valence-corrected chi connectivity index (χ3v) is 10.7. The fraction of sp³-hybridized carbons (Fsp3) is 0.450. The monoisotopic (exact) mass is 743 g/mol. The number of hydrogen-bond donors (Lipinski definition) is 1. The maximum Gasteiger partial charge on any atom is 1.00 e. The maximum absolute atomic E-state index is 14.4. The van der Waals surface area contributed by atoms with Gasteiger partial charge in [0, 0.05) is 57.7 Å². The molecular formula is C40H50LiN9O5. The largest absolute Gasteiger partial charge is 1.00 e. The molecule has 0 saturated carbocycles. The molecule has 2 fully saturated rings. The average molecular weight is 744 g/mol. The van der Waals surface area contributed by atoms with Crippen molar-refractivity contribution in [2.24, 2.45) is 0 Å². The molecular weight excluding hydrogens is 693 g/mol. The van der Waals surface area contributed by atoms with Crippen molar-refractivity contribution in [2.75, 3.05) is 70.5 Å². The summed E-state index contributed by atoms with van der Waals surface area (Å²) < 4.78 is 15.6. The number of carboxylic acids is 1. The molecule has 1 atom stereocenters. The van der Waals surface area contributed by atoms with Crippen molar-refractivity contribution in [3.8, 4) is 11.4 Å². The second kappa shape index (κ2) is 18.7. The number of para-hydroxylation sites is 2. The van der Waals surface area contributed by atoms with Crippen LogP contribution in [0.15, 0.2) is 79.1 Å². The van der Waals surface area contributed by atoms with Crippen LogP contribution in [0.2, 0.25) is 0 Å².